The fraction of sp³-hybridized carbons (Fsp3) is 0.429. The van der Waals surface area contributed by atoms with E-state index in [2.05, 4.69) is 4.74 Å². The highest BCUT2D eigenvalue weighted by Gasteiger charge is 2.61. The maximum Gasteiger partial charge on any atom is 0.301 e. The fourth-order valence-electron chi connectivity index (χ4n) is 6.81. The van der Waals surface area contributed by atoms with Gasteiger partial charge in [0.05, 0.1) is 25.9 Å². The molecular formula is C42H48F4O10. The van der Waals surface area contributed by atoms with Crippen molar-refractivity contribution >= 4 is 0 Å². The Morgan fingerprint density at radius 2 is 0.982 bits per heavy atom. The second kappa shape index (κ2) is 18.2. The number of aliphatic hydroxyl groups excluding tert-OH is 4. The molecule has 56 heavy (non-hydrogen) atoms. The molecule has 0 aromatic heterocycles. The molecule has 4 aromatic carbocycles. The third-order valence-corrected chi connectivity index (χ3v) is 10.3. The zero-order valence-corrected chi connectivity index (χ0v) is 30.8. The second-order valence-electron chi connectivity index (χ2n) is 14.0. The molecule has 2 saturated heterocycles. The molecule has 4 aromatic rings. The van der Waals surface area contributed by atoms with Crippen LogP contribution in [0.4, 0.5) is 17.6 Å². The predicted octanol–water partition coefficient (Wildman–Crippen LogP) is 5.02. The zero-order chi connectivity index (χ0) is 40.7. The highest BCUT2D eigenvalue weighted by Crippen LogP contribution is 2.47. The third kappa shape index (κ3) is 9.32. The van der Waals surface area contributed by atoms with Gasteiger partial charge in [-0.1, -0.05) is 135 Å². The van der Waals surface area contributed by atoms with Gasteiger partial charge < -0.3 is 49.6 Å². The molecule has 2 unspecified atom stereocenters. The lowest BCUT2D eigenvalue weighted by atomic mass is 9.81. The van der Waals surface area contributed by atoms with Gasteiger partial charge in [0.2, 0.25) is 5.79 Å². The standard InChI is InChI=1S/C29H32F2O4.C13H16F2O6/c1-3-28(32)21(2)25(33-19-22-13-7-4-8-14-22)26(34-20-23-15-9-5-10-16-23)27(35-28)29(30,31)24-17-11-6-12-18-24;14-13(15,7-4-2-1-3-5-7)11-9(18)8(17)10(19)12(20,6-16)21-11/h4-18,21,25-27,32H,3,19-20H2,1-2H3;1-5,8-11,16-20H,6H2/t21-,25-,26+,27+,28?;8-,9-,10+,11-,12?/m01/s1. The first-order valence-corrected chi connectivity index (χ1v) is 18.2. The fourth-order valence-corrected chi connectivity index (χ4v) is 6.81. The third-order valence-electron chi connectivity index (χ3n) is 10.3. The molecule has 14 heteroatoms. The smallest absolute Gasteiger partial charge is 0.301 e. The molecule has 2 aliphatic rings. The van der Waals surface area contributed by atoms with E-state index in [4.69, 9.17) is 19.3 Å². The number of alkyl halides is 4. The zero-order valence-electron chi connectivity index (χ0n) is 30.8. The van der Waals surface area contributed by atoms with Gasteiger partial charge in [-0.25, -0.2) is 0 Å². The van der Waals surface area contributed by atoms with Crippen molar-refractivity contribution in [1.29, 1.82) is 0 Å². The summed E-state index contributed by atoms with van der Waals surface area (Å²) >= 11 is 0. The Morgan fingerprint density at radius 1 is 0.589 bits per heavy atom. The molecule has 0 aliphatic carbocycles. The summed E-state index contributed by atoms with van der Waals surface area (Å²) in [4.78, 5) is 0. The second-order valence-corrected chi connectivity index (χ2v) is 14.0. The Morgan fingerprint density at radius 3 is 1.41 bits per heavy atom. The summed E-state index contributed by atoms with van der Waals surface area (Å²) in [5.41, 5.74) is 1.05. The van der Waals surface area contributed by atoms with Crippen molar-refractivity contribution in [3.8, 4) is 0 Å². The SMILES string of the molecule is CCC1(O)O[C@@H](C(F)(F)c2ccccc2)[C@H](OCc2ccccc2)[C@@H](OCc2ccccc2)[C@@H]1C.OCC1(O)O[C@@H](C(F)(F)c2ccccc2)[C@H](O)[C@@H](O)[C@@H]1O. The van der Waals surface area contributed by atoms with Crippen LogP contribution in [0.5, 0.6) is 0 Å². The van der Waals surface area contributed by atoms with Crippen molar-refractivity contribution in [3.05, 3.63) is 144 Å². The van der Waals surface area contributed by atoms with Crippen LogP contribution in [0.1, 0.15) is 42.5 Å². The largest absolute Gasteiger partial charge is 0.391 e. The maximum atomic E-state index is 16.0. The summed E-state index contributed by atoms with van der Waals surface area (Å²) < 4.78 is 83.7. The Balaban J connectivity index is 0.000000244. The van der Waals surface area contributed by atoms with Crippen molar-refractivity contribution in [1.82, 2.24) is 0 Å². The quantitative estimate of drug-likeness (QED) is 0.108. The van der Waals surface area contributed by atoms with Crippen molar-refractivity contribution in [3.63, 3.8) is 0 Å². The van der Waals surface area contributed by atoms with E-state index in [1.54, 1.807) is 32.0 Å². The number of ether oxygens (including phenoxy) is 4. The van der Waals surface area contributed by atoms with E-state index in [0.29, 0.717) is 0 Å². The highest BCUT2D eigenvalue weighted by atomic mass is 19.3. The first kappa shape index (κ1) is 43.3. The van der Waals surface area contributed by atoms with E-state index >= 15 is 8.78 Å². The molecule has 6 N–H and O–H groups in total. The predicted molar refractivity (Wildman–Crippen MR) is 195 cm³/mol. The molecule has 0 amide bonds. The number of benzene rings is 4. The van der Waals surface area contributed by atoms with Crippen LogP contribution < -0.4 is 0 Å². The van der Waals surface area contributed by atoms with E-state index in [9.17, 15) is 34.3 Å². The lowest BCUT2D eigenvalue weighted by molar-refractivity contribution is -0.382. The molecule has 10 atom stereocenters. The summed E-state index contributed by atoms with van der Waals surface area (Å²) in [5, 5.41) is 59.0. The summed E-state index contributed by atoms with van der Waals surface area (Å²) in [6.07, 6.45) is -12.3. The molecule has 6 rings (SSSR count). The van der Waals surface area contributed by atoms with Crippen LogP contribution in [0.15, 0.2) is 121 Å². The molecular weight excluding hydrogens is 740 g/mol. The first-order valence-electron chi connectivity index (χ1n) is 18.2. The van der Waals surface area contributed by atoms with Gasteiger partial charge in [0, 0.05) is 17.0 Å². The molecule has 0 radical (unpaired) electrons. The molecule has 10 nitrogen and oxygen atoms in total. The Labute approximate surface area is 322 Å². The van der Waals surface area contributed by atoms with Crippen molar-refractivity contribution in [2.75, 3.05) is 6.61 Å². The maximum absolute atomic E-state index is 16.0. The van der Waals surface area contributed by atoms with Gasteiger partial charge in [-0.3, -0.25) is 0 Å². The minimum Gasteiger partial charge on any atom is -0.391 e. The monoisotopic (exact) mass is 788 g/mol. The summed E-state index contributed by atoms with van der Waals surface area (Å²) in [6, 6.07) is 32.8. The van der Waals surface area contributed by atoms with E-state index < -0.39 is 84.2 Å². The van der Waals surface area contributed by atoms with E-state index in [1.165, 1.54) is 30.3 Å². The molecule has 2 fully saturated rings. The van der Waals surface area contributed by atoms with Crippen LogP contribution in [0.2, 0.25) is 0 Å². The number of hydrogen-bond donors (Lipinski definition) is 6. The number of aliphatic hydroxyl groups is 6. The van der Waals surface area contributed by atoms with Crippen LogP contribution in [-0.2, 0) is 44.0 Å². The summed E-state index contributed by atoms with van der Waals surface area (Å²) in [5.74, 6) is -12.4. The van der Waals surface area contributed by atoms with Crippen LogP contribution >= 0.6 is 0 Å². The Hall–Kier alpha value is -3.80. The van der Waals surface area contributed by atoms with Gasteiger partial charge in [-0.05, 0) is 17.5 Å². The average molecular weight is 789 g/mol. The number of hydrogen-bond acceptors (Lipinski definition) is 10. The normalized spacial score (nSPS) is 30.9. The van der Waals surface area contributed by atoms with Gasteiger partial charge in [-0.15, -0.1) is 0 Å². The van der Waals surface area contributed by atoms with Crippen molar-refractivity contribution in [2.45, 2.75) is 99.6 Å². The molecule has 2 aliphatic heterocycles. The summed E-state index contributed by atoms with van der Waals surface area (Å²) in [6.45, 7) is 2.56. The summed E-state index contributed by atoms with van der Waals surface area (Å²) in [7, 11) is 0. The number of rotatable bonds is 12. The average Bonchev–Trinajstić information content (AvgIpc) is 3.22. The van der Waals surface area contributed by atoms with Crippen LogP contribution in [-0.4, -0.2) is 91.5 Å². The van der Waals surface area contributed by atoms with Crippen LogP contribution in [0, 0.1) is 5.92 Å². The highest BCUT2D eigenvalue weighted by molar-refractivity contribution is 5.24. The molecule has 304 valence electrons. The van der Waals surface area contributed by atoms with E-state index in [1.807, 2.05) is 60.7 Å². The van der Waals surface area contributed by atoms with Gasteiger partial charge in [0.1, 0.15) is 24.4 Å². The molecule has 0 spiro atoms. The van der Waals surface area contributed by atoms with Gasteiger partial charge in [-0.2, -0.15) is 17.6 Å². The lowest BCUT2D eigenvalue weighted by Crippen LogP contribution is -2.68. The number of halogens is 4. The minimum atomic E-state index is -3.76. The molecule has 0 saturated carbocycles. The van der Waals surface area contributed by atoms with Crippen LogP contribution in [0.3, 0.4) is 0 Å². The molecule has 0 bridgehead atoms. The molecule has 2 heterocycles. The van der Waals surface area contributed by atoms with Crippen molar-refractivity contribution < 1.29 is 67.1 Å². The topological polar surface area (TPSA) is 158 Å². The Kier molecular flexibility index (Phi) is 14.1. The van der Waals surface area contributed by atoms with Gasteiger partial charge in [0.25, 0.3) is 0 Å². The van der Waals surface area contributed by atoms with Crippen LogP contribution in [0.25, 0.3) is 0 Å². The lowest BCUT2D eigenvalue weighted by Gasteiger charge is -2.51. The minimum absolute atomic E-state index is 0.110. The van der Waals surface area contributed by atoms with E-state index in [0.717, 1.165) is 23.3 Å². The first-order chi connectivity index (χ1) is 26.6. The van der Waals surface area contributed by atoms with Gasteiger partial charge >= 0.3 is 11.8 Å². The Bertz CT molecular complexity index is 1780. The van der Waals surface area contributed by atoms with Gasteiger partial charge in [0.15, 0.2) is 18.0 Å². The van der Waals surface area contributed by atoms with E-state index in [-0.39, 0.29) is 25.2 Å². The van der Waals surface area contributed by atoms with Crippen molar-refractivity contribution in [2.24, 2.45) is 5.92 Å².